The summed E-state index contributed by atoms with van der Waals surface area (Å²) in [5, 5.41) is 24.1. The lowest BCUT2D eigenvalue weighted by atomic mass is 10.0. The Morgan fingerprint density at radius 2 is 0.639 bits per heavy atom. The van der Waals surface area contributed by atoms with Crippen molar-refractivity contribution < 1.29 is 152 Å². The van der Waals surface area contributed by atoms with Crippen LogP contribution in [-0.4, -0.2) is 315 Å². The number of nitrogens with one attached hydrogen (secondary N) is 9. The number of alkyl carbamates (subject to hydrolysis) is 7. The number of hydrogen-bond acceptors (Lipinski definition) is 38. The van der Waals surface area contributed by atoms with Gasteiger partial charge >= 0.3 is 54.6 Å². The van der Waals surface area contributed by atoms with Crippen LogP contribution < -0.4 is 70.8 Å². The lowest BCUT2D eigenvalue weighted by Crippen LogP contribution is -2.46. The smallest absolute Gasteiger partial charge is 0.409 e. The van der Waals surface area contributed by atoms with Gasteiger partial charge in [-0.25, -0.2) is 38.4 Å². The first-order chi connectivity index (χ1) is 68.9. The number of imide groups is 1. The predicted molar refractivity (Wildman–Crippen MR) is 557 cm³/mol. The molecule has 0 aromatic carbocycles. The van der Waals surface area contributed by atoms with Crippen molar-refractivity contribution in [1.29, 1.82) is 0 Å². The molecule has 4 heterocycles. The minimum absolute atomic E-state index is 0. The molecule has 1 saturated carbocycles. The van der Waals surface area contributed by atoms with Crippen LogP contribution in [0.1, 0.15) is 236 Å². The lowest BCUT2D eigenvalue weighted by molar-refractivity contribution is -0.197. The molecule has 0 spiro atoms. The standard InChI is InChI=1S/C46H76N10O14S4.C33H49N5O14.C11H19N3O3S2.C2H6.3H2/c1-9-29-67-41(65)53-45(71-72-45)31(37(47)61)15-11-13-21-49-33(57)19-25-55(35(59)17-23-51-39(63)69-43(3,4)5)27-28-56(36(60)18-24-52-40(64)70-44(6,7)8)26-20-34(58)50-22-14-12-16-32(38(48)62)46(73-74-46)54-42(66)68-30-10-2;1-32(2,3)50-30(47)34-15-11-23(41)36(17-13-27(45)49-29-21(39)7-8-22(29)40)19-20-37(24(42)12-16-35-31(48)51-33(4,5)6)18-14-28(46)52-38-25(43)9-10-26(38)44;1-2-7-17-10(16)14-11(18-19-11)8(9(13)15)5-3-4-6-12;1-2;;;/h9-10,31-32H,1-2,11-30H2,3-8H3,(H2,47,61)(H2,48,62)(H,49,57)(H,50,58)(H,51,63)(H,52,64)(H,53,65)(H,54,66);29H,7-20H2,1-6H3,(H,34,47)(H,35,48);2,8H,1,3-7,12H2,(H2,13,15)(H,14,16);1-2H3;3*1H/t31-,32-;;8-;;;;/m0.0..../s1. The predicted octanol–water partition coefficient (Wildman–Crippen LogP) is 7.60. The highest BCUT2D eigenvalue weighted by Gasteiger charge is 2.59. The molecule has 836 valence electrons. The maximum atomic E-state index is 13.7. The Morgan fingerprint density at radius 1 is 0.374 bits per heavy atom. The number of hydroxylamine groups is 2. The molecule has 147 heavy (non-hydrogen) atoms. The van der Waals surface area contributed by atoms with Gasteiger partial charge in [0.15, 0.2) is 24.2 Å². The second-order valence-electron chi connectivity index (χ2n) is 37.0. The average Bonchev–Trinajstić information content (AvgIpc) is 1.63. The van der Waals surface area contributed by atoms with Crippen molar-refractivity contribution >= 4 is 196 Å². The number of primary amides is 3. The van der Waals surface area contributed by atoms with Gasteiger partial charge in [-0.3, -0.25) is 83.1 Å². The van der Waals surface area contributed by atoms with Gasteiger partial charge in [0.25, 0.3) is 11.8 Å². The van der Waals surface area contributed by atoms with E-state index in [4.69, 9.17) is 65.7 Å². The van der Waals surface area contributed by atoms with Gasteiger partial charge in [0.1, 0.15) is 42.2 Å². The molecule has 4 saturated heterocycles. The first-order valence-corrected chi connectivity index (χ1v) is 54.6. The third kappa shape index (κ3) is 56.1. The fourth-order valence-electron chi connectivity index (χ4n) is 13.1. The van der Waals surface area contributed by atoms with Gasteiger partial charge in [-0.05, 0) is 193 Å². The first kappa shape index (κ1) is 132. The summed E-state index contributed by atoms with van der Waals surface area (Å²) in [6.07, 6.45) is 0.388. The number of nitrogens with zero attached hydrogens (tertiary/aromatic N) is 5. The number of Topliss-reactive ketones (excluding diaryl/α,β-unsaturated/α-hetero) is 2. The second-order valence-corrected chi connectivity index (χ2v) is 45.6. The number of ketones is 2. The summed E-state index contributed by atoms with van der Waals surface area (Å²) in [6, 6.07) is 0. The quantitative estimate of drug-likeness (QED) is 0.00407. The summed E-state index contributed by atoms with van der Waals surface area (Å²) in [7, 11) is 8.01. The largest absolute Gasteiger partial charge is 0.446 e. The molecule has 55 heteroatoms. The molecule has 18 amide bonds. The van der Waals surface area contributed by atoms with E-state index in [0.29, 0.717) is 56.6 Å². The van der Waals surface area contributed by atoms with Gasteiger partial charge in [0.05, 0.1) is 30.6 Å². The zero-order chi connectivity index (χ0) is 111. The summed E-state index contributed by atoms with van der Waals surface area (Å²) in [4.78, 5) is 284. The number of nitrogens with two attached hydrogens (primary N) is 4. The number of unbranched alkanes of at least 4 members (excludes halogenated alkanes) is 3. The molecule has 3 atom stereocenters. The van der Waals surface area contributed by atoms with Gasteiger partial charge < -0.3 is 117 Å². The SMILES string of the molecule is C=CCOC(=O)NC1([C@@H](CCCCN)C(N)=O)SS1.C=CCOC(=O)NC1([C@@H](CCCCNC(=O)CCN(CCN(CCC(=O)NCCCC[C@@H](C(N)=O)C2(NC(=O)OCC=C)SS2)C(=O)CCNC(=O)OC(C)(C)C)C(=O)CCNC(=O)OC(C)(C)C)C(N)=O)SS1.CC.CC(C)(C)OC(=O)NCCC(=O)N(CCC(=O)OC1C(=O)CCC1=O)CCN(CCC(=O)ON1C(=O)CCC1=O)C(=O)CCNC(=O)OC(C)(C)C.[HH].[HH].[HH]. The second kappa shape index (κ2) is 67.0. The van der Waals surface area contributed by atoms with Crippen LogP contribution in [-0.2, 0) is 115 Å². The topological polar surface area (TPSA) is 687 Å². The van der Waals surface area contributed by atoms with E-state index in [1.807, 2.05) is 13.8 Å². The minimum Gasteiger partial charge on any atom is -0.446 e. The van der Waals surface area contributed by atoms with Crippen molar-refractivity contribution in [3.63, 3.8) is 0 Å². The van der Waals surface area contributed by atoms with E-state index in [2.05, 4.69) is 67.6 Å². The maximum absolute atomic E-state index is 13.7. The first-order valence-electron chi connectivity index (χ1n) is 48.1. The normalized spacial score (nSPS) is 15.0. The maximum Gasteiger partial charge on any atom is 0.409 e. The summed E-state index contributed by atoms with van der Waals surface area (Å²) in [5.74, 6) is -10.5. The van der Waals surface area contributed by atoms with E-state index in [-0.39, 0.29) is 192 Å². The van der Waals surface area contributed by atoms with Gasteiger partial charge in [-0.2, -0.15) is 0 Å². The molecule has 0 bridgehead atoms. The lowest BCUT2D eigenvalue weighted by Gasteiger charge is -2.28. The molecule has 0 aromatic rings. The summed E-state index contributed by atoms with van der Waals surface area (Å²) < 4.78 is 38.2. The summed E-state index contributed by atoms with van der Waals surface area (Å²) >= 11 is 0. The van der Waals surface area contributed by atoms with E-state index < -0.39 is 191 Å². The van der Waals surface area contributed by atoms with Gasteiger partial charge in [-0.1, -0.05) is 71.1 Å². The van der Waals surface area contributed by atoms with E-state index in [1.165, 1.54) is 103 Å². The fraction of sp³-hybridized carbons (Fsp3) is 0.696. The van der Waals surface area contributed by atoms with Gasteiger partial charge in [-0.15, -0.1) is 5.06 Å². The van der Waals surface area contributed by atoms with E-state index in [1.54, 1.807) is 83.1 Å². The third-order valence-electron chi connectivity index (χ3n) is 20.2. The van der Waals surface area contributed by atoms with Crippen LogP contribution in [0.4, 0.5) is 33.6 Å². The number of esters is 1. The Labute approximate surface area is 885 Å². The van der Waals surface area contributed by atoms with Crippen molar-refractivity contribution in [2.45, 2.75) is 273 Å². The molecule has 49 nitrogen and oxygen atoms in total. The zero-order valence-electron chi connectivity index (χ0n) is 86.4. The molecule has 0 aromatic heterocycles. The Bertz CT molecular complexity index is 4230. The fourth-order valence-corrected chi connectivity index (χ4v) is 19.9. The molecule has 0 unspecified atom stereocenters. The van der Waals surface area contributed by atoms with Crippen molar-refractivity contribution in [1.82, 2.24) is 72.5 Å². The van der Waals surface area contributed by atoms with Crippen LogP contribution in [0, 0.1) is 17.8 Å². The molecular formula is C92H156N18O31S6. The number of ether oxygens (including phenoxy) is 8. The Morgan fingerprint density at radius 3 is 0.891 bits per heavy atom. The molecule has 5 fully saturated rings. The number of carbonyl (C=O) groups is 22. The molecule has 1 aliphatic carbocycles. The monoisotopic (exact) mass is 2200 g/mol. The van der Waals surface area contributed by atoms with Crippen molar-refractivity contribution in [3.8, 4) is 0 Å². The highest BCUT2D eigenvalue weighted by molar-refractivity contribution is 8.94. The Kier molecular flexibility index (Phi) is 60.1. The average molecular weight is 2200 g/mol. The molecule has 5 rings (SSSR count). The number of amides is 18. The van der Waals surface area contributed by atoms with Crippen LogP contribution in [0.15, 0.2) is 38.0 Å². The third-order valence-corrected chi connectivity index (χ3v) is 28.8. The highest BCUT2D eigenvalue weighted by atomic mass is 33.2. The highest BCUT2D eigenvalue weighted by Crippen LogP contribution is 2.69. The van der Waals surface area contributed by atoms with Crippen LogP contribution >= 0.6 is 64.8 Å². The Balaban J connectivity index is 0. The van der Waals surface area contributed by atoms with Crippen molar-refractivity contribution in [3.05, 3.63) is 38.0 Å². The number of hydrogen-bond donors (Lipinski definition) is 13. The number of rotatable bonds is 61. The van der Waals surface area contributed by atoms with Crippen LogP contribution in [0.2, 0.25) is 0 Å². The van der Waals surface area contributed by atoms with Gasteiger partial charge in [0.2, 0.25) is 59.3 Å². The summed E-state index contributed by atoms with van der Waals surface area (Å²) in [5.41, 5.74) is 19.1. The van der Waals surface area contributed by atoms with Crippen LogP contribution in [0.25, 0.3) is 0 Å². The van der Waals surface area contributed by atoms with E-state index in [9.17, 15) is 105 Å². The van der Waals surface area contributed by atoms with Crippen LogP contribution in [0.5, 0.6) is 0 Å². The summed E-state index contributed by atoms with van der Waals surface area (Å²) in [6.45, 7) is 34.1. The zero-order valence-corrected chi connectivity index (χ0v) is 91.3. The van der Waals surface area contributed by atoms with Gasteiger partial charge in [0, 0.05) is 160 Å². The van der Waals surface area contributed by atoms with Crippen LogP contribution in [0.3, 0.4) is 0 Å². The van der Waals surface area contributed by atoms with Crippen molar-refractivity contribution in [2.75, 3.05) is 118 Å². The van der Waals surface area contributed by atoms with Crippen molar-refractivity contribution in [2.24, 2.45) is 40.7 Å². The number of carbonyl (C=O) groups excluding carboxylic acids is 22. The molecule has 5 aliphatic rings. The van der Waals surface area contributed by atoms with E-state index in [0.717, 1.165) is 12.8 Å². The Hall–Kier alpha value is -11.2. The molecule has 0 radical (unpaired) electrons. The molecule has 4 aliphatic heterocycles. The van der Waals surface area contributed by atoms with E-state index >= 15 is 0 Å². The molecular weight excluding hydrogens is 2050 g/mol. The minimum atomic E-state index is -1.50. The molecule has 17 N–H and O–H groups in total.